The molecule has 1 saturated carbocycles. The molecule has 1 heterocycles. The van der Waals surface area contributed by atoms with Gasteiger partial charge in [-0.05, 0) is 31.9 Å². The SMILES string of the molecule is CCOC1(OCC)[NH+]=C(N)C2(C#N)C(c3ccccc3C)C12C#N. The number of ether oxygens (including phenoxy) is 2. The number of hydrogen-bond donors (Lipinski definition) is 2. The van der Waals surface area contributed by atoms with Gasteiger partial charge >= 0.3 is 5.91 Å². The number of hydrogen-bond acceptors (Lipinski definition) is 5. The molecule has 1 fully saturated rings. The number of nitriles is 2. The van der Waals surface area contributed by atoms with Gasteiger partial charge in [0.05, 0.1) is 25.4 Å². The van der Waals surface area contributed by atoms with Crippen LogP contribution < -0.4 is 10.7 Å². The van der Waals surface area contributed by atoms with Crippen LogP contribution >= 0.6 is 0 Å². The van der Waals surface area contributed by atoms with E-state index in [2.05, 4.69) is 17.1 Å². The summed E-state index contributed by atoms with van der Waals surface area (Å²) in [5, 5.41) is 20.1. The Hall–Kier alpha value is -2.41. The number of nitrogens with one attached hydrogen (secondary N) is 1. The number of amidine groups is 1. The van der Waals surface area contributed by atoms with Crippen LogP contribution in [0.4, 0.5) is 0 Å². The third-order valence-corrected chi connectivity index (χ3v) is 5.20. The zero-order chi connectivity index (χ0) is 17.6. The van der Waals surface area contributed by atoms with Crippen LogP contribution in [0.1, 0.15) is 30.9 Å². The normalized spacial score (nSPS) is 32.4. The van der Waals surface area contributed by atoms with Crippen LogP contribution in [0.3, 0.4) is 0 Å². The Morgan fingerprint density at radius 2 is 1.79 bits per heavy atom. The van der Waals surface area contributed by atoms with E-state index in [4.69, 9.17) is 15.2 Å². The van der Waals surface area contributed by atoms with Crippen molar-refractivity contribution in [2.24, 2.45) is 16.6 Å². The quantitative estimate of drug-likeness (QED) is 0.757. The summed E-state index contributed by atoms with van der Waals surface area (Å²) in [6.45, 7) is 6.26. The molecule has 0 saturated heterocycles. The molecule has 0 bridgehead atoms. The van der Waals surface area contributed by atoms with E-state index in [1.807, 2.05) is 45.0 Å². The topological polar surface area (TPSA) is 106 Å². The molecule has 2 aliphatic rings. The van der Waals surface area contributed by atoms with Crippen molar-refractivity contribution in [2.75, 3.05) is 13.2 Å². The van der Waals surface area contributed by atoms with Crippen molar-refractivity contribution in [2.45, 2.75) is 32.6 Å². The third kappa shape index (κ3) is 1.57. The van der Waals surface area contributed by atoms with Gasteiger partial charge in [-0.1, -0.05) is 24.3 Å². The van der Waals surface area contributed by atoms with E-state index in [9.17, 15) is 10.5 Å². The van der Waals surface area contributed by atoms with E-state index < -0.39 is 22.7 Å². The summed E-state index contributed by atoms with van der Waals surface area (Å²) in [4.78, 5) is 2.98. The molecule has 124 valence electrons. The lowest BCUT2D eigenvalue weighted by atomic mass is 9.93. The van der Waals surface area contributed by atoms with Crippen molar-refractivity contribution >= 4 is 5.84 Å². The lowest BCUT2D eigenvalue weighted by Gasteiger charge is -2.29. The van der Waals surface area contributed by atoms with Gasteiger partial charge in [0.2, 0.25) is 0 Å². The second kappa shape index (κ2) is 5.31. The van der Waals surface area contributed by atoms with Crippen molar-refractivity contribution < 1.29 is 14.5 Å². The van der Waals surface area contributed by atoms with Gasteiger partial charge in [-0.3, -0.25) is 5.73 Å². The standard InChI is InChI=1S/C18H20N4O2/c1-4-23-18(24-5-2)17(11-20)14(13-9-7-6-8-12(13)3)16(17,10-19)15(21)22-18/h6-9,14H,4-5H2,1-3H3,(H2,21,22)/p+1. The van der Waals surface area contributed by atoms with Crippen LogP contribution in [0.25, 0.3) is 0 Å². The summed E-state index contributed by atoms with van der Waals surface area (Å²) in [7, 11) is 0. The molecule has 3 rings (SSSR count). The maximum atomic E-state index is 10.1. The number of rotatable bonds is 5. The fourth-order valence-corrected chi connectivity index (χ4v) is 4.23. The largest absolute Gasteiger partial charge is 0.343 e. The number of aryl methyl sites for hydroxylation is 1. The molecule has 24 heavy (non-hydrogen) atoms. The van der Waals surface area contributed by atoms with E-state index in [-0.39, 0.29) is 5.84 Å². The third-order valence-electron chi connectivity index (χ3n) is 5.20. The minimum atomic E-state index is -1.42. The summed E-state index contributed by atoms with van der Waals surface area (Å²) >= 11 is 0. The van der Waals surface area contributed by atoms with Crippen LogP contribution in [0.5, 0.6) is 0 Å². The smallest absolute Gasteiger partial charge is 0.314 e. The maximum Gasteiger partial charge on any atom is 0.343 e. The van der Waals surface area contributed by atoms with Crippen molar-refractivity contribution in [3.05, 3.63) is 35.4 Å². The van der Waals surface area contributed by atoms with Crippen molar-refractivity contribution in [3.8, 4) is 12.1 Å². The first kappa shape index (κ1) is 16.4. The molecule has 0 amide bonds. The molecule has 6 heteroatoms. The fraction of sp³-hybridized carbons (Fsp3) is 0.500. The van der Waals surface area contributed by atoms with Gasteiger partial charge in [0.1, 0.15) is 0 Å². The van der Waals surface area contributed by atoms with Crippen LogP contribution in [0, 0.1) is 40.4 Å². The number of benzene rings is 1. The van der Waals surface area contributed by atoms with Gasteiger partial charge in [-0.15, -0.1) is 0 Å². The second-order valence-electron chi connectivity index (χ2n) is 6.15. The zero-order valence-electron chi connectivity index (χ0n) is 14.1. The van der Waals surface area contributed by atoms with Crippen molar-refractivity contribution in [1.29, 1.82) is 10.5 Å². The Kier molecular flexibility index (Phi) is 3.64. The fourth-order valence-electron chi connectivity index (χ4n) is 4.23. The van der Waals surface area contributed by atoms with Gasteiger partial charge in [0.15, 0.2) is 10.8 Å². The van der Waals surface area contributed by atoms with E-state index in [0.717, 1.165) is 11.1 Å². The number of fused-ring (bicyclic) bond motifs is 1. The number of nitrogens with zero attached hydrogens (tertiary/aromatic N) is 2. The second-order valence-corrected chi connectivity index (χ2v) is 6.15. The van der Waals surface area contributed by atoms with Crippen LogP contribution in [-0.4, -0.2) is 25.0 Å². The highest BCUT2D eigenvalue weighted by Crippen LogP contribution is 2.78. The van der Waals surface area contributed by atoms with Crippen LogP contribution in [0.15, 0.2) is 24.3 Å². The van der Waals surface area contributed by atoms with E-state index >= 15 is 0 Å². The maximum absolute atomic E-state index is 10.1. The van der Waals surface area contributed by atoms with Crippen molar-refractivity contribution in [1.82, 2.24) is 0 Å². The lowest BCUT2D eigenvalue weighted by Crippen LogP contribution is -2.91. The summed E-state index contributed by atoms with van der Waals surface area (Å²) in [5.41, 5.74) is 5.75. The van der Waals surface area contributed by atoms with Crippen LogP contribution in [-0.2, 0) is 9.47 Å². The first-order valence-electron chi connectivity index (χ1n) is 8.08. The van der Waals surface area contributed by atoms with Gasteiger partial charge in [-0.25, -0.2) is 4.99 Å². The van der Waals surface area contributed by atoms with E-state index in [0.29, 0.717) is 13.2 Å². The van der Waals surface area contributed by atoms with E-state index in [1.165, 1.54) is 0 Å². The first-order valence-corrected chi connectivity index (χ1v) is 8.08. The summed E-state index contributed by atoms with van der Waals surface area (Å²) in [5.74, 6) is -1.58. The molecule has 1 aliphatic heterocycles. The molecule has 0 aromatic heterocycles. The molecular weight excluding hydrogens is 304 g/mol. The van der Waals surface area contributed by atoms with Crippen molar-refractivity contribution in [3.63, 3.8) is 0 Å². The molecule has 1 aromatic carbocycles. The van der Waals surface area contributed by atoms with Gasteiger partial charge in [0.25, 0.3) is 5.84 Å². The highest BCUT2D eigenvalue weighted by atomic mass is 16.7. The minimum absolute atomic E-state index is 0.238. The Morgan fingerprint density at radius 3 is 2.29 bits per heavy atom. The lowest BCUT2D eigenvalue weighted by molar-refractivity contribution is -0.693. The molecular formula is C18H21N4O2+. The monoisotopic (exact) mass is 325 g/mol. The molecule has 3 N–H and O–H groups in total. The average molecular weight is 325 g/mol. The Labute approximate surface area is 141 Å². The zero-order valence-corrected chi connectivity index (χ0v) is 14.1. The Balaban J connectivity index is 2.25. The summed E-state index contributed by atoms with van der Waals surface area (Å²) in [6, 6.07) is 12.4. The highest BCUT2D eigenvalue weighted by Gasteiger charge is 2.97. The molecule has 0 spiro atoms. The van der Waals surface area contributed by atoms with Crippen LogP contribution in [0.2, 0.25) is 0 Å². The minimum Gasteiger partial charge on any atom is -0.314 e. The van der Waals surface area contributed by atoms with Gasteiger partial charge < -0.3 is 9.47 Å². The molecule has 3 atom stereocenters. The van der Waals surface area contributed by atoms with E-state index in [1.54, 1.807) is 0 Å². The Bertz CT molecular complexity index is 785. The molecule has 1 aliphatic carbocycles. The predicted molar refractivity (Wildman–Crippen MR) is 86.2 cm³/mol. The number of nitrogens with two attached hydrogens (primary N) is 1. The molecule has 0 radical (unpaired) electrons. The molecule has 3 unspecified atom stereocenters. The molecule has 6 nitrogen and oxygen atoms in total. The Morgan fingerprint density at radius 1 is 1.17 bits per heavy atom. The summed E-state index contributed by atoms with van der Waals surface area (Å²) < 4.78 is 11.7. The predicted octanol–water partition coefficient (Wildman–Crippen LogP) is 0.290. The average Bonchev–Trinajstić information content (AvgIpc) is 3.14. The van der Waals surface area contributed by atoms with Gasteiger partial charge in [-0.2, -0.15) is 10.5 Å². The first-order chi connectivity index (χ1) is 11.5. The van der Waals surface area contributed by atoms with Gasteiger partial charge in [0, 0.05) is 5.92 Å². The molecule has 1 aromatic rings. The highest BCUT2D eigenvalue weighted by molar-refractivity contribution is 5.95. The summed E-state index contributed by atoms with van der Waals surface area (Å²) in [6.07, 6.45) is 0.